The van der Waals surface area contributed by atoms with E-state index in [2.05, 4.69) is 26.0 Å². The number of nitrogens with one attached hydrogen (secondary N) is 3. The first kappa shape index (κ1) is 22.1. The molecule has 0 aliphatic rings. The molecule has 0 atom stereocenters. The highest BCUT2D eigenvalue weighted by Crippen LogP contribution is 2.24. The number of hydrogen-bond donors (Lipinski definition) is 3. The van der Waals surface area contributed by atoms with E-state index < -0.39 is 6.09 Å². The number of ether oxygens (including phenoxy) is 2. The lowest BCUT2D eigenvalue weighted by Gasteiger charge is -2.13. The number of rotatable bonds is 9. The van der Waals surface area contributed by atoms with Crippen molar-refractivity contribution in [2.75, 3.05) is 42.8 Å². The molecule has 162 valence electrons. The highest BCUT2D eigenvalue weighted by atomic mass is 35.5. The molecule has 0 aliphatic heterocycles. The summed E-state index contributed by atoms with van der Waals surface area (Å²) in [7, 11) is 1.52. The molecule has 0 unspecified atom stereocenters. The van der Waals surface area contributed by atoms with Gasteiger partial charge in [-0.25, -0.2) is 14.5 Å². The molecule has 0 saturated heterocycles. The standard InChI is InChI=1S/C20H21ClN6O4/c1-30-7-8-31-20(29)25-16-4-2-3-15(10-16)23-11-19(28)26-17-9-14(21)5-6-18(17)27-13-22-12-24-27/h2-6,9-10,12-13,23H,7-8,11H2,1H3,(H,25,29)(H,26,28). The van der Waals surface area contributed by atoms with E-state index in [0.29, 0.717) is 34.4 Å². The third-order valence-electron chi connectivity index (χ3n) is 3.98. The van der Waals surface area contributed by atoms with Gasteiger partial charge in [0.15, 0.2) is 0 Å². The van der Waals surface area contributed by atoms with Crippen molar-refractivity contribution in [2.24, 2.45) is 0 Å². The van der Waals surface area contributed by atoms with Crippen molar-refractivity contribution in [2.45, 2.75) is 0 Å². The van der Waals surface area contributed by atoms with Crippen LogP contribution in [0.25, 0.3) is 5.69 Å². The van der Waals surface area contributed by atoms with Gasteiger partial charge in [0.2, 0.25) is 5.91 Å². The fraction of sp³-hybridized carbons (Fsp3) is 0.200. The van der Waals surface area contributed by atoms with Gasteiger partial charge in [-0.1, -0.05) is 17.7 Å². The second kappa shape index (κ2) is 11.0. The van der Waals surface area contributed by atoms with Crippen molar-refractivity contribution in [1.82, 2.24) is 14.8 Å². The van der Waals surface area contributed by atoms with Gasteiger partial charge in [-0.3, -0.25) is 10.1 Å². The second-order valence-corrected chi connectivity index (χ2v) is 6.67. The number of halogens is 1. The summed E-state index contributed by atoms with van der Waals surface area (Å²) in [6.45, 7) is 0.459. The SMILES string of the molecule is COCCOC(=O)Nc1cccc(NCC(=O)Nc2cc(Cl)ccc2-n2cncn2)c1. The lowest BCUT2D eigenvalue weighted by molar-refractivity contribution is -0.114. The predicted octanol–water partition coefficient (Wildman–Crippen LogP) is 3.17. The molecule has 31 heavy (non-hydrogen) atoms. The average Bonchev–Trinajstić information content (AvgIpc) is 3.27. The van der Waals surface area contributed by atoms with Crippen molar-refractivity contribution in [3.63, 3.8) is 0 Å². The molecule has 0 fully saturated rings. The number of carbonyl (C=O) groups excluding carboxylic acids is 2. The summed E-state index contributed by atoms with van der Waals surface area (Å²) in [6, 6.07) is 12.0. The van der Waals surface area contributed by atoms with Crippen molar-refractivity contribution >= 4 is 40.7 Å². The van der Waals surface area contributed by atoms with Crippen LogP contribution in [-0.4, -0.2) is 53.6 Å². The average molecular weight is 445 g/mol. The van der Waals surface area contributed by atoms with Gasteiger partial charge < -0.3 is 20.1 Å². The summed E-state index contributed by atoms with van der Waals surface area (Å²) >= 11 is 6.07. The molecule has 0 radical (unpaired) electrons. The fourth-order valence-electron chi connectivity index (χ4n) is 2.60. The molecular weight excluding hydrogens is 424 g/mol. The fourth-order valence-corrected chi connectivity index (χ4v) is 2.77. The van der Waals surface area contributed by atoms with E-state index in [0.717, 1.165) is 0 Å². The Hall–Kier alpha value is -3.63. The maximum absolute atomic E-state index is 12.5. The molecule has 0 aliphatic carbocycles. The van der Waals surface area contributed by atoms with Crippen LogP contribution >= 0.6 is 11.6 Å². The molecular formula is C20H21ClN6O4. The van der Waals surface area contributed by atoms with Gasteiger partial charge in [0.1, 0.15) is 19.3 Å². The minimum absolute atomic E-state index is 0.00888. The normalized spacial score (nSPS) is 10.4. The Morgan fingerprint density at radius 1 is 1.10 bits per heavy atom. The van der Waals surface area contributed by atoms with Crippen molar-refractivity contribution < 1.29 is 19.1 Å². The Bertz CT molecular complexity index is 1030. The maximum atomic E-state index is 12.5. The summed E-state index contributed by atoms with van der Waals surface area (Å²) in [4.78, 5) is 28.1. The number of aromatic nitrogens is 3. The first-order valence-electron chi connectivity index (χ1n) is 9.26. The Labute approximate surface area is 183 Å². The van der Waals surface area contributed by atoms with Crippen molar-refractivity contribution in [1.29, 1.82) is 0 Å². The minimum Gasteiger partial charge on any atom is -0.447 e. The Morgan fingerprint density at radius 2 is 1.94 bits per heavy atom. The summed E-state index contributed by atoms with van der Waals surface area (Å²) in [5.41, 5.74) is 2.30. The zero-order chi connectivity index (χ0) is 22.1. The number of amides is 2. The Balaban J connectivity index is 1.57. The molecule has 3 rings (SSSR count). The molecule has 0 saturated carbocycles. The number of benzene rings is 2. The number of anilines is 3. The second-order valence-electron chi connectivity index (χ2n) is 6.24. The van der Waals surface area contributed by atoms with Crippen LogP contribution in [-0.2, 0) is 14.3 Å². The number of methoxy groups -OCH3 is 1. The zero-order valence-corrected chi connectivity index (χ0v) is 17.4. The van der Waals surface area contributed by atoms with Gasteiger partial charge >= 0.3 is 6.09 Å². The molecule has 3 N–H and O–H groups in total. The maximum Gasteiger partial charge on any atom is 0.411 e. The smallest absolute Gasteiger partial charge is 0.411 e. The summed E-state index contributed by atoms with van der Waals surface area (Å²) in [5.74, 6) is -0.291. The van der Waals surface area contributed by atoms with Crippen LogP contribution in [0.15, 0.2) is 55.1 Å². The van der Waals surface area contributed by atoms with E-state index in [4.69, 9.17) is 21.1 Å². The minimum atomic E-state index is -0.589. The van der Waals surface area contributed by atoms with Gasteiger partial charge in [0.25, 0.3) is 0 Å². The van der Waals surface area contributed by atoms with Crippen LogP contribution in [0.2, 0.25) is 5.02 Å². The summed E-state index contributed by atoms with van der Waals surface area (Å²) in [6.07, 6.45) is 2.33. The molecule has 0 bridgehead atoms. The van der Waals surface area contributed by atoms with Gasteiger partial charge in [-0.2, -0.15) is 5.10 Å². The van der Waals surface area contributed by atoms with Gasteiger partial charge in [0.05, 0.1) is 24.5 Å². The van der Waals surface area contributed by atoms with Crippen molar-refractivity contribution in [3.8, 4) is 5.69 Å². The van der Waals surface area contributed by atoms with Gasteiger partial charge in [-0.05, 0) is 36.4 Å². The van der Waals surface area contributed by atoms with Gasteiger partial charge in [0, 0.05) is 23.5 Å². The molecule has 1 aromatic heterocycles. The lowest BCUT2D eigenvalue weighted by Crippen LogP contribution is -2.22. The summed E-state index contributed by atoms with van der Waals surface area (Å²) < 4.78 is 11.3. The predicted molar refractivity (Wildman–Crippen MR) is 117 cm³/mol. The number of nitrogens with zero attached hydrogens (tertiary/aromatic N) is 3. The lowest BCUT2D eigenvalue weighted by atomic mass is 10.2. The Kier molecular flexibility index (Phi) is 7.79. The molecule has 1 heterocycles. The van der Waals surface area contributed by atoms with Crippen LogP contribution in [0.1, 0.15) is 0 Å². The van der Waals surface area contributed by atoms with E-state index in [1.807, 2.05) is 0 Å². The molecule has 0 spiro atoms. The Morgan fingerprint density at radius 3 is 2.71 bits per heavy atom. The van der Waals surface area contributed by atoms with E-state index in [-0.39, 0.29) is 19.1 Å². The van der Waals surface area contributed by atoms with Crippen LogP contribution in [0.3, 0.4) is 0 Å². The van der Waals surface area contributed by atoms with E-state index in [1.165, 1.54) is 24.4 Å². The molecule has 11 heteroatoms. The highest BCUT2D eigenvalue weighted by Gasteiger charge is 2.11. The first-order chi connectivity index (χ1) is 15.0. The monoisotopic (exact) mass is 444 g/mol. The summed E-state index contributed by atoms with van der Waals surface area (Å²) in [5, 5.41) is 13.0. The third kappa shape index (κ3) is 6.69. The molecule has 2 aromatic carbocycles. The number of carbonyl (C=O) groups is 2. The first-order valence-corrected chi connectivity index (χ1v) is 9.64. The van der Waals surface area contributed by atoms with Crippen LogP contribution in [0.4, 0.5) is 21.9 Å². The third-order valence-corrected chi connectivity index (χ3v) is 4.22. The van der Waals surface area contributed by atoms with Crippen LogP contribution < -0.4 is 16.0 Å². The van der Waals surface area contributed by atoms with Crippen molar-refractivity contribution in [3.05, 3.63) is 60.1 Å². The highest BCUT2D eigenvalue weighted by molar-refractivity contribution is 6.31. The van der Waals surface area contributed by atoms with E-state index >= 15 is 0 Å². The van der Waals surface area contributed by atoms with Crippen LogP contribution in [0.5, 0.6) is 0 Å². The topological polar surface area (TPSA) is 119 Å². The number of hydrogen-bond acceptors (Lipinski definition) is 7. The quantitative estimate of drug-likeness (QED) is 0.433. The van der Waals surface area contributed by atoms with Crippen LogP contribution in [0, 0.1) is 0 Å². The molecule has 3 aromatic rings. The van der Waals surface area contributed by atoms with E-state index in [1.54, 1.807) is 42.5 Å². The molecule has 2 amide bonds. The van der Waals surface area contributed by atoms with E-state index in [9.17, 15) is 9.59 Å². The molecule has 10 nitrogen and oxygen atoms in total. The zero-order valence-electron chi connectivity index (χ0n) is 16.7. The largest absolute Gasteiger partial charge is 0.447 e. The van der Waals surface area contributed by atoms with Gasteiger partial charge in [-0.15, -0.1) is 0 Å².